The monoisotopic (exact) mass is 247 g/mol. The molecule has 0 amide bonds. The van der Waals surface area contributed by atoms with Gasteiger partial charge in [0.05, 0.1) is 6.61 Å². The van der Waals surface area contributed by atoms with Crippen LogP contribution < -0.4 is 5.32 Å². The molecule has 2 aromatic heterocycles. The quantitative estimate of drug-likeness (QED) is 0.817. The van der Waals surface area contributed by atoms with Crippen LogP contribution in [0.25, 0.3) is 11.0 Å². The summed E-state index contributed by atoms with van der Waals surface area (Å²) in [7, 11) is 1.70. The zero-order chi connectivity index (χ0) is 13.2. The number of aromatic nitrogens is 2. The van der Waals surface area contributed by atoms with Gasteiger partial charge in [0.25, 0.3) is 0 Å². The molecule has 2 aromatic rings. The van der Waals surface area contributed by atoms with Crippen LogP contribution in [0.2, 0.25) is 0 Å². The molecule has 2 N–H and O–H groups in total. The van der Waals surface area contributed by atoms with Crippen LogP contribution in [0.3, 0.4) is 0 Å². The highest BCUT2D eigenvalue weighted by Gasteiger charge is 2.20. The van der Waals surface area contributed by atoms with Gasteiger partial charge >= 0.3 is 0 Å². The molecule has 0 atom stereocenters. The van der Waals surface area contributed by atoms with Crippen LogP contribution in [0.5, 0.6) is 0 Å². The van der Waals surface area contributed by atoms with E-state index in [0.717, 1.165) is 23.4 Å². The van der Waals surface area contributed by atoms with Crippen molar-refractivity contribution in [3.63, 3.8) is 0 Å². The number of anilines is 1. The number of hydrogen-bond donors (Lipinski definition) is 2. The van der Waals surface area contributed by atoms with Crippen LogP contribution >= 0.6 is 0 Å². The minimum absolute atomic E-state index is 0.0634. The van der Waals surface area contributed by atoms with Crippen molar-refractivity contribution in [3.8, 4) is 0 Å². The molecule has 2 heterocycles. The molecule has 0 saturated heterocycles. The first-order valence-electron chi connectivity index (χ1n) is 6.24. The van der Waals surface area contributed by atoms with Crippen molar-refractivity contribution in [2.24, 2.45) is 0 Å². The molecule has 4 heteroatoms. The maximum Gasteiger partial charge on any atom is 0.139 e. The maximum atomic E-state index is 5.06. The van der Waals surface area contributed by atoms with Crippen molar-refractivity contribution in [1.29, 1.82) is 0 Å². The molecule has 0 fully saturated rings. The SMILES string of the molecule is COCCNc1nc2[nH]ccc2cc1C(C)(C)C. The number of ether oxygens (including phenoxy) is 1. The molecule has 0 aliphatic rings. The fourth-order valence-electron chi connectivity index (χ4n) is 1.96. The average molecular weight is 247 g/mol. The lowest BCUT2D eigenvalue weighted by Crippen LogP contribution is -2.18. The van der Waals surface area contributed by atoms with Crippen molar-refractivity contribution in [2.75, 3.05) is 25.6 Å². The van der Waals surface area contributed by atoms with E-state index >= 15 is 0 Å². The van der Waals surface area contributed by atoms with E-state index in [-0.39, 0.29) is 5.41 Å². The molecule has 0 aliphatic carbocycles. The highest BCUT2D eigenvalue weighted by molar-refractivity contribution is 5.79. The number of fused-ring (bicyclic) bond motifs is 1. The normalized spacial score (nSPS) is 12.0. The van der Waals surface area contributed by atoms with E-state index in [1.807, 2.05) is 6.20 Å². The van der Waals surface area contributed by atoms with Crippen LogP contribution in [0, 0.1) is 0 Å². The summed E-state index contributed by atoms with van der Waals surface area (Å²) in [5.41, 5.74) is 2.21. The van der Waals surface area contributed by atoms with Crippen LogP contribution in [-0.4, -0.2) is 30.2 Å². The highest BCUT2D eigenvalue weighted by atomic mass is 16.5. The molecule has 98 valence electrons. The summed E-state index contributed by atoms with van der Waals surface area (Å²) in [4.78, 5) is 7.80. The summed E-state index contributed by atoms with van der Waals surface area (Å²) in [6.07, 6.45) is 1.92. The Kier molecular flexibility index (Phi) is 3.57. The standard InChI is InChI=1S/C14H21N3O/c1-14(2,3)11-9-10-5-6-15-12(10)17-13(11)16-7-8-18-4/h5-6,9H,7-8H2,1-4H3,(H2,15,16,17). The average Bonchev–Trinajstić information content (AvgIpc) is 2.74. The number of aromatic amines is 1. The fourth-order valence-corrected chi connectivity index (χ4v) is 1.96. The summed E-state index contributed by atoms with van der Waals surface area (Å²) in [6.45, 7) is 8.03. The second-order valence-electron chi connectivity index (χ2n) is 5.47. The molecule has 4 nitrogen and oxygen atoms in total. The molecule has 0 unspecified atom stereocenters. The Balaban J connectivity index is 2.39. The lowest BCUT2D eigenvalue weighted by Gasteiger charge is -2.22. The minimum Gasteiger partial charge on any atom is -0.383 e. The Morgan fingerprint density at radius 1 is 1.39 bits per heavy atom. The smallest absolute Gasteiger partial charge is 0.139 e. The highest BCUT2D eigenvalue weighted by Crippen LogP contribution is 2.30. The molecule has 18 heavy (non-hydrogen) atoms. The van der Waals surface area contributed by atoms with E-state index in [9.17, 15) is 0 Å². The largest absolute Gasteiger partial charge is 0.383 e. The van der Waals surface area contributed by atoms with Crippen molar-refractivity contribution in [1.82, 2.24) is 9.97 Å². The molecular weight excluding hydrogens is 226 g/mol. The Hall–Kier alpha value is -1.55. The fraction of sp³-hybridized carbons (Fsp3) is 0.500. The molecule has 0 bridgehead atoms. The zero-order valence-electron chi connectivity index (χ0n) is 11.5. The van der Waals surface area contributed by atoms with Gasteiger partial charge in [0.2, 0.25) is 0 Å². The van der Waals surface area contributed by atoms with Crippen molar-refractivity contribution >= 4 is 16.9 Å². The Labute approximate surface area is 108 Å². The van der Waals surface area contributed by atoms with Gasteiger partial charge in [-0.2, -0.15) is 0 Å². The molecule has 0 aliphatic heterocycles. The number of hydrogen-bond acceptors (Lipinski definition) is 3. The third-order valence-electron chi connectivity index (χ3n) is 2.94. The van der Waals surface area contributed by atoms with Gasteiger partial charge in [-0.15, -0.1) is 0 Å². The van der Waals surface area contributed by atoms with Crippen LogP contribution in [0.1, 0.15) is 26.3 Å². The van der Waals surface area contributed by atoms with Gasteiger partial charge in [-0.25, -0.2) is 4.98 Å². The number of rotatable bonds is 4. The summed E-state index contributed by atoms with van der Waals surface area (Å²) < 4.78 is 5.06. The van der Waals surface area contributed by atoms with E-state index in [4.69, 9.17) is 4.74 Å². The van der Waals surface area contributed by atoms with E-state index in [0.29, 0.717) is 6.61 Å². The Morgan fingerprint density at radius 2 is 2.17 bits per heavy atom. The first kappa shape index (κ1) is 12.9. The summed E-state index contributed by atoms with van der Waals surface area (Å²) >= 11 is 0. The van der Waals surface area contributed by atoms with E-state index < -0.39 is 0 Å². The van der Waals surface area contributed by atoms with Crippen molar-refractivity contribution in [3.05, 3.63) is 23.9 Å². The second-order valence-corrected chi connectivity index (χ2v) is 5.47. The zero-order valence-corrected chi connectivity index (χ0v) is 11.5. The molecule has 0 aromatic carbocycles. The van der Waals surface area contributed by atoms with E-state index in [2.05, 4.69) is 48.2 Å². The number of nitrogens with zero attached hydrogens (tertiary/aromatic N) is 1. The second kappa shape index (κ2) is 4.98. The molecule has 0 saturated carbocycles. The topological polar surface area (TPSA) is 49.9 Å². The third-order valence-corrected chi connectivity index (χ3v) is 2.94. The van der Waals surface area contributed by atoms with Crippen LogP contribution in [0.4, 0.5) is 5.82 Å². The van der Waals surface area contributed by atoms with Crippen LogP contribution in [0.15, 0.2) is 18.3 Å². The molecule has 0 spiro atoms. The van der Waals surface area contributed by atoms with E-state index in [1.165, 1.54) is 5.56 Å². The summed E-state index contributed by atoms with van der Waals surface area (Å²) in [6, 6.07) is 4.25. The first-order chi connectivity index (χ1) is 8.52. The van der Waals surface area contributed by atoms with Gasteiger partial charge in [0.15, 0.2) is 0 Å². The predicted molar refractivity (Wildman–Crippen MR) is 75.2 cm³/mol. The summed E-state index contributed by atoms with van der Waals surface area (Å²) in [5.74, 6) is 0.939. The first-order valence-corrected chi connectivity index (χ1v) is 6.24. The van der Waals surface area contributed by atoms with Gasteiger partial charge in [0, 0.05) is 30.8 Å². The summed E-state index contributed by atoms with van der Waals surface area (Å²) in [5, 5.41) is 4.50. The van der Waals surface area contributed by atoms with Crippen molar-refractivity contribution < 1.29 is 4.74 Å². The van der Waals surface area contributed by atoms with Crippen LogP contribution in [-0.2, 0) is 10.2 Å². The van der Waals surface area contributed by atoms with E-state index in [1.54, 1.807) is 7.11 Å². The molecule has 0 radical (unpaired) electrons. The number of methoxy groups -OCH3 is 1. The van der Waals surface area contributed by atoms with Gasteiger partial charge in [-0.3, -0.25) is 0 Å². The third kappa shape index (κ3) is 2.64. The number of nitrogens with one attached hydrogen (secondary N) is 2. The lowest BCUT2D eigenvalue weighted by molar-refractivity contribution is 0.210. The molecule has 2 rings (SSSR count). The maximum absolute atomic E-state index is 5.06. The Bertz CT molecular complexity index is 525. The van der Waals surface area contributed by atoms with Gasteiger partial charge in [-0.05, 0) is 17.5 Å². The van der Waals surface area contributed by atoms with Gasteiger partial charge < -0.3 is 15.0 Å². The molecular formula is C14H21N3O. The van der Waals surface area contributed by atoms with Gasteiger partial charge in [0.1, 0.15) is 11.5 Å². The van der Waals surface area contributed by atoms with Gasteiger partial charge in [-0.1, -0.05) is 20.8 Å². The minimum atomic E-state index is 0.0634. The Morgan fingerprint density at radius 3 is 2.83 bits per heavy atom. The van der Waals surface area contributed by atoms with Crippen molar-refractivity contribution in [2.45, 2.75) is 26.2 Å². The lowest BCUT2D eigenvalue weighted by atomic mass is 9.87. The number of pyridine rings is 1. The number of H-pyrrole nitrogens is 1. The predicted octanol–water partition coefficient (Wildman–Crippen LogP) is 2.92.